The van der Waals surface area contributed by atoms with Crippen LogP contribution in [0.4, 0.5) is 0 Å². The summed E-state index contributed by atoms with van der Waals surface area (Å²) in [5, 5.41) is 2.86. The van der Waals surface area contributed by atoms with Crippen molar-refractivity contribution in [3.05, 3.63) is 56.2 Å². The van der Waals surface area contributed by atoms with Crippen LogP contribution in [-0.2, 0) is 0 Å². The highest BCUT2D eigenvalue weighted by Crippen LogP contribution is 2.28. The van der Waals surface area contributed by atoms with E-state index in [-0.39, 0.29) is 6.04 Å². The molecule has 0 radical (unpaired) electrons. The monoisotopic (exact) mass is 266 g/mol. The molecule has 17 heavy (non-hydrogen) atoms. The average Bonchev–Trinajstić information content (AvgIpc) is 2.64. The van der Waals surface area contributed by atoms with E-state index < -0.39 is 0 Å². The Bertz CT molecular complexity index is 502. The Morgan fingerprint density at radius 2 is 1.94 bits per heavy atom. The van der Waals surface area contributed by atoms with Crippen LogP contribution in [0.1, 0.15) is 27.6 Å². The first kappa shape index (κ1) is 12.6. The first-order chi connectivity index (χ1) is 8.10. The standard InChI is InChI=1S/C13H15ClN2S/c1-8-3-10(6-12(14)4-8)13(16-15)11-5-9(2)17-7-11/h3-7,13,16H,15H2,1-2H3. The molecule has 0 fully saturated rings. The highest BCUT2D eigenvalue weighted by atomic mass is 35.5. The number of nitrogens with two attached hydrogens (primary N) is 1. The maximum absolute atomic E-state index is 6.08. The second-order valence-electron chi connectivity index (χ2n) is 4.15. The van der Waals surface area contributed by atoms with Gasteiger partial charge in [-0.25, -0.2) is 5.43 Å². The Kier molecular flexibility index (Phi) is 3.84. The number of thiophene rings is 1. The lowest BCUT2D eigenvalue weighted by atomic mass is 10.00. The molecule has 0 spiro atoms. The van der Waals surface area contributed by atoms with Gasteiger partial charge in [-0.3, -0.25) is 5.84 Å². The van der Waals surface area contributed by atoms with Gasteiger partial charge in [0, 0.05) is 9.90 Å². The Morgan fingerprint density at radius 3 is 2.47 bits per heavy atom. The molecule has 0 bridgehead atoms. The van der Waals surface area contributed by atoms with Gasteiger partial charge >= 0.3 is 0 Å². The van der Waals surface area contributed by atoms with Gasteiger partial charge in [0.25, 0.3) is 0 Å². The smallest absolute Gasteiger partial charge is 0.0718 e. The number of hydrogen-bond donors (Lipinski definition) is 2. The average molecular weight is 267 g/mol. The van der Waals surface area contributed by atoms with Crippen LogP contribution in [0.25, 0.3) is 0 Å². The van der Waals surface area contributed by atoms with Gasteiger partial charge in [0.1, 0.15) is 0 Å². The summed E-state index contributed by atoms with van der Waals surface area (Å²) in [4.78, 5) is 1.28. The van der Waals surface area contributed by atoms with E-state index in [4.69, 9.17) is 17.4 Å². The van der Waals surface area contributed by atoms with E-state index in [2.05, 4.69) is 29.9 Å². The van der Waals surface area contributed by atoms with Gasteiger partial charge in [-0.1, -0.05) is 17.7 Å². The topological polar surface area (TPSA) is 38.0 Å². The predicted octanol–water partition coefficient (Wildman–Crippen LogP) is 3.57. The maximum atomic E-state index is 6.08. The number of benzene rings is 1. The molecule has 0 aliphatic rings. The third-order valence-electron chi connectivity index (χ3n) is 2.65. The molecule has 0 amide bonds. The molecule has 2 nitrogen and oxygen atoms in total. The van der Waals surface area contributed by atoms with Crippen molar-refractivity contribution in [2.75, 3.05) is 0 Å². The molecule has 0 aliphatic carbocycles. The van der Waals surface area contributed by atoms with Crippen LogP contribution in [0.5, 0.6) is 0 Å². The summed E-state index contributed by atoms with van der Waals surface area (Å²) in [6.07, 6.45) is 0. The van der Waals surface area contributed by atoms with Crippen molar-refractivity contribution < 1.29 is 0 Å². The van der Waals surface area contributed by atoms with Gasteiger partial charge in [-0.2, -0.15) is 0 Å². The molecule has 1 unspecified atom stereocenters. The van der Waals surface area contributed by atoms with Crippen molar-refractivity contribution in [3.63, 3.8) is 0 Å². The summed E-state index contributed by atoms with van der Waals surface area (Å²) in [5.41, 5.74) is 6.26. The quantitative estimate of drug-likeness (QED) is 0.658. The van der Waals surface area contributed by atoms with Crippen LogP contribution in [0.3, 0.4) is 0 Å². The van der Waals surface area contributed by atoms with Crippen LogP contribution in [0.15, 0.2) is 29.6 Å². The van der Waals surface area contributed by atoms with Crippen molar-refractivity contribution in [1.29, 1.82) is 0 Å². The predicted molar refractivity (Wildman–Crippen MR) is 74.4 cm³/mol. The summed E-state index contributed by atoms with van der Waals surface area (Å²) in [6.45, 7) is 4.12. The normalized spacial score (nSPS) is 12.7. The van der Waals surface area contributed by atoms with Crippen molar-refractivity contribution in [1.82, 2.24) is 5.43 Å². The molecule has 1 aromatic carbocycles. The molecule has 0 saturated heterocycles. The van der Waals surface area contributed by atoms with Crippen molar-refractivity contribution in [2.24, 2.45) is 5.84 Å². The van der Waals surface area contributed by atoms with Gasteiger partial charge in [0.05, 0.1) is 6.04 Å². The number of hydrogen-bond acceptors (Lipinski definition) is 3. The lowest BCUT2D eigenvalue weighted by molar-refractivity contribution is 0.638. The summed E-state index contributed by atoms with van der Waals surface area (Å²) < 4.78 is 0. The molecule has 4 heteroatoms. The van der Waals surface area contributed by atoms with Crippen LogP contribution < -0.4 is 11.3 Å². The Balaban J connectivity index is 2.41. The molecular weight excluding hydrogens is 252 g/mol. The van der Waals surface area contributed by atoms with Crippen molar-refractivity contribution in [3.8, 4) is 0 Å². The molecule has 2 rings (SSSR count). The van der Waals surface area contributed by atoms with Crippen LogP contribution in [-0.4, -0.2) is 0 Å². The van der Waals surface area contributed by atoms with E-state index in [0.717, 1.165) is 16.1 Å². The second kappa shape index (κ2) is 5.19. The number of halogens is 1. The van der Waals surface area contributed by atoms with E-state index in [1.807, 2.05) is 19.1 Å². The lowest BCUT2D eigenvalue weighted by Crippen LogP contribution is -2.28. The first-order valence-corrected chi connectivity index (χ1v) is 6.64. The first-order valence-electron chi connectivity index (χ1n) is 5.38. The Labute approximate surface area is 110 Å². The minimum atomic E-state index is -0.00245. The minimum Gasteiger partial charge on any atom is -0.271 e. The molecule has 90 valence electrons. The third kappa shape index (κ3) is 2.87. The molecule has 0 aliphatic heterocycles. The molecular formula is C13H15ClN2S. The highest BCUT2D eigenvalue weighted by molar-refractivity contribution is 7.10. The number of rotatable bonds is 3. The summed E-state index contributed by atoms with van der Waals surface area (Å²) in [6, 6.07) is 8.13. The number of nitrogens with one attached hydrogen (secondary N) is 1. The van der Waals surface area contributed by atoms with Crippen molar-refractivity contribution >= 4 is 22.9 Å². The summed E-state index contributed by atoms with van der Waals surface area (Å²) >= 11 is 7.80. The lowest BCUT2D eigenvalue weighted by Gasteiger charge is -2.16. The molecule has 0 saturated carbocycles. The van der Waals surface area contributed by atoms with Gasteiger partial charge in [0.15, 0.2) is 0 Å². The molecule has 1 aromatic heterocycles. The summed E-state index contributed by atoms with van der Waals surface area (Å²) in [7, 11) is 0. The number of aryl methyl sites for hydroxylation is 2. The maximum Gasteiger partial charge on any atom is 0.0718 e. The van der Waals surface area contributed by atoms with Gasteiger partial charge in [-0.15, -0.1) is 11.3 Å². The molecule has 2 aromatic rings. The van der Waals surface area contributed by atoms with E-state index >= 15 is 0 Å². The fourth-order valence-electron chi connectivity index (χ4n) is 1.93. The van der Waals surface area contributed by atoms with Crippen LogP contribution in [0.2, 0.25) is 5.02 Å². The van der Waals surface area contributed by atoms with Gasteiger partial charge < -0.3 is 0 Å². The van der Waals surface area contributed by atoms with Gasteiger partial charge in [-0.05, 0) is 54.1 Å². The Hall–Kier alpha value is -0.870. The summed E-state index contributed by atoms with van der Waals surface area (Å²) in [5.74, 6) is 5.66. The van der Waals surface area contributed by atoms with E-state index in [0.29, 0.717) is 0 Å². The third-order valence-corrected chi connectivity index (χ3v) is 3.75. The minimum absolute atomic E-state index is 0.00245. The van der Waals surface area contributed by atoms with E-state index in [1.165, 1.54) is 10.4 Å². The number of hydrazine groups is 1. The molecule has 1 atom stereocenters. The Morgan fingerprint density at radius 1 is 1.18 bits per heavy atom. The fourth-order valence-corrected chi connectivity index (χ4v) is 2.96. The van der Waals surface area contributed by atoms with Crippen LogP contribution in [0, 0.1) is 13.8 Å². The van der Waals surface area contributed by atoms with Crippen molar-refractivity contribution in [2.45, 2.75) is 19.9 Å². The van der Waals surface area contributed by atoms with E-state index in [1.54, 1.807) is 11.3 Å². The zero-order chi connectivity index (χ0) is 12.4. The molecule has 1 heterocycles. The van der Waals surface area contributed by atoms with Gasteiger partial charge in [0.2, 0.25) is 0 Å². The zero-order valence-corrected chi connectivity index (χ0v) is 11.4. The largest absolute Gasteiger partial charge is 0.271 e. The van der Waals surface area contributed by atoms with Crippen LogP contribution >= 0.6 is 22.9 Å². The SMILES string of the molecule is Cc1cc(Cl)cc(C(NN)c2csc(C)c2)c1. The second-order valence-corrected chi connectivity index (χ2v) is 5.70. The molecule has 3 N–H and O–H groups in total. The van der Waals surface area contributed by atoms with E-state index in [9.17, 15) is 0 Å². The zero-order valence-electron chi connectivity index (χ0n) is 9.83. The fraction of sp³-hybridized carbons (Fsp3) is 0.231. The highest BCUT2D eigenvalue weighted by Gasteiger charge is 2.14.